The summed E-state index contributed by atoms with van der Waals surface area (Å²) in [5, 5.41) is 20.0. The highest BCUT2D eigenvalue weighted by Gasteiger charge is 2.41. The Balaban J connectivity index is 2.64. The fraction of sp³-hybridized carbons (Fsp3) is 0.538. The highest BCUT2D eigenvalue weighted by Crippen LogP contribution is 2.25. The highest BCUT2D eigenvalue weighted by molar-refractivity contribution is 6.18. The molecule has 0 unspecified atom stereocenters. The molecule has 1 aromatic carbocycles. The van der Waals surface area contributed by atoms with Crippen molar-refractivity contribution in [2.24, 2.45) is 0 Å². The van der Waals surface area contributed by atoms with Gasteiger partial charge in [-0.05, 0) is 38.1 Å². The molecular formula is C13H19ClO4. The van der Waals surface area contributed by atoms with Crippen molar-refractivity contribution in [1.82, 2.24) is 0 Å². The molecule has 1 rings (SSSR count). The number of rotatable bonds is 6. The van der Waals surface area contributed by atoms with Crippen LogP contribution in [0.1, 0.15) is 13.8 Å². The molecule has 2 N–H and O–H groups in total. The lowest BCUT2D eigenvalue weighted by molar-refractivity contribution is -0.135. The fourth-order valence-corrected chi connectivity index (χ4v) is 1.48. The summed E-state index contributed by atoms with van der Waals surface area (Å²) in [5.41, 5.74) is -2.85. The lowest BCUT2D eigenvalue weighted by Crippen LogP contribution is -2.55. The third-order valence-corrected chi connectivity index (χ3v) is 3.52. The van der Waals surface area contributed by atoms with E-state index in [-0.39, 0.29) is 12.5 Å². The molecule has 0 spiro atoms. The summed E-state index contributed by atoms with van der Waals surface area (Å²) >= 11 is 5.62. The first-order chi connectivity index (χ1) is 8.32. The molecule has 0 aliphatic carbocycles. The van der Waals surface area contributed by atoms with Crippen LogP contribution in [0.15, 0.2) is 24.3 Å². The molecule has 4 nitrogen and oxygen atoms in total. The van der Waals surface area contributed by atoms with Gasteiger partial charge in [0.2, 0.25) is 0 Å². The van der Waals surface area contributed by atoms with Gasteiger partial charge in [-0.15, -0.1) is 11.6 Å². The second-order valence-corrected chi connectivity index (χ2v) is 4.91. The van der Waals surface area contributed by atoms with Crippen LogP contribution < -0.4 is 9.47 Å². The summed E-state index contributed by atoms with van der Waals surface area (Å²) in [6.45, 7) is 2.90. The summed E-state index contributed by atoms with van der Waals surface area (Å²) < 4.78 is 10.5. The number of methoxy groups -OCH3 is 1. The van der Waals surface area contributed by atoms with E-state index in [1.807, 2.05) is 0 Å². The fourth-order valence-electron chi connectivity index (χ4n) is 1.20. The van der Waals surface area contributed by atoms with Crippen molar-refractivity contribution < 1.29 is 19.7 Å². The van der Waals surface area contributed by atoms with Crippen LogP contribution in [0.2, 0.25) is 0 Å². The Morgan fingerprint density at radius 3 is 2.00 bits per heavy atom. The smallest absolute Gasteiger partial charge is 0.125 e. The van der Waals surface area contributed by atoms with Gasteiger partial charge in [-0.2, -0.15) is 0 Å². The van der Waals surface area contributed by atoms with Gasteiger partial charge in [0.15, 0.2) is 0 Å². The molecule has 0 aromatic heterocycles. The number of alkyl halides is 1. The molecule has 2 atom stereocenters. The average Bonchev–Trinajstić information content (AvgIpc) is 2.36. The second-order valence-electron chi connectivity index (χ2n) is 4.65. The van der Waals surface area contributed by atoms with E-state index in [9.17, 15) is 10.2 Å². The Hall–Kier alpha value is -0.970. The van der Waals surface area contributed by atoms with Crippen LogP contribution in [0.25, 0.3) is 0 Å². The van der Waals surface area contributed by atoms with Crippen molar-refractivity contribution in [2.75, 3.05) is 19.6 Å². The predicted molar refractivity (Wildman–Crippen MR) is 70.5 cm³/mol. The number of benzene rings is 1. The van der Waals surface area contributed by atoms with Crippen molar-refractivity contribution in [1.29, 1.82) is 0 Å². The molecule has 0 saturated carbocycles. The van der Waals surface area contributed by atoms with Gasteiger partial charge in [-0.1, -0.05) is 0 Å². The number of halogens is 1. The molecule has 0 aliphatic heterocycles. The van der Waals surface area contributed by atoms with E-state index in [4.69, 9.17) is 21.1 Å². The summed E-state index contributed by atoms with van der Waals surface area (Å²) in [5.74, 6) is 1.23. The van der Waals surface area contributed by atoms with Gasteiger partial charge in [-0.25, -0.2) is 0 Å². The summed E-state index contributed by atoms with van der Waals surface area (Å²) in [7, 11) is 1.58. The van der Waals surface area contributed by atoms with Crippen LogP contribution in [0.3, 0.4) is 0 Å². The Bertz CT molecular complexity index is 373. The second kappa shape index (κ2) is 5.78. The summed E-state index contributed by atoms with van der Waals surface area (Å²) in [6, 6.07) is 6.96. The maximum absolute atomic E-state index is 10.1. The van der Waals surface area contributed by atoms with Crippen molar-refractivity contribution in [2.45, 2.75) is 25.0 Å². The van der Waals surface area contributed by atoms with Crippen LogP contribution in [0.4, 0.5) is 0 Å². The number of hydrogen-bond donors (Lipinski definition) is 2. The first-order valence-corrected chi connectivity index (χ1v) is 6.13. The van der Waals surface area contributed by atoms with Crippen molar-refractivity contribution in [3.63, 3.8) is 0 Å². The van der Waals surface area contributed by atoms with Gasteiger partial charge in [0.05, 0.1) is 13.0 Å². The first-order valence-electron chi connectivity index (χ1n) is 5.60. The van der Waals surface area contributed by atoms with Crippen LogP contribution in [-0.4, -0.2) is 41.0 Å². The quantitative estimate of drug-likeness (QED) is 0.777. The topological polar surface area (TPSA) is 58.9 Å². The van der Waals surface area contributed by atoms with E-state index in [2.05, 4.69) is 0 Å². The van der Waals surface area contributed by atoms with Crippen LogP contribution in [0, 0.1) is 0 Å². The summed E-state index contributed by atoms with van der Waals surface area (Å²) in [4.78, 5) is 0. The zero-order chi connectivity index (χ0) is 13.8. The minimum Gasteiger partial charge on any atom is -0.497 e. The molecule has 0 aliphatic rings. The maximum atomic E-state index is 10.1. The van der Waals surface area contributed by atoms with Crippen LogP contribution in [0.5, 0.6) is 11.5 Å². The summed E-state index contributed by atoms with van der Waals surface area (Å²) in [6.07, 6.45) is 0. The standard InChI is InChI=1S/C13H19ClO4/c1-12(15,8-14)13(2,16)9-18-11-6-4-10(17-3)5-7-11/h4-7,15-16H,8-9H2,1-3H3/t12-,13+/m0/s1. The van der Waals surface area contributed by atoms with Crippen molar-refractivity contribution >= 4 is 11.6 Å². The van der Waals surface area contributed by atoms with E-state index in [1.54, 1.807) is 31.4 Å². The predicted octanol–water partition coefficient (Wildman–Crippen LogP) is 1.81. The molecule has 0 fully saturated rings. The zero-order valence-corrected chi connectivity index (χ0v) is 11.6. The molecule has 102 valence electrons. The molecular weight excluding hydrogens is 256 g/mol. The molecule has 0 saturated heterocycles. The van der Waals surface area contributed by atoms with Gasteiger partial charge in [0, 0.05) is 0 Å². The van der Waals surface area contributed by atoms with E-state index < -0.39 is 11.2 Å². The Morgan fingerprint density at radius 2 is 1.56 bits per heavy atom. The van der Waals surface area contributed by atoms with Gasteiger partial charge in [-0.3, -0.25) is 0 Å². The van der Waals surface area contributed by atoms with Crippen molar-refractivity contribution in [3.05, 3.63) is 24.3 Å². The molecule has 0 bridgehead atoms. The molecule has 0 heterocycles. The maximum Gasteiger partial charge on any atom is 0.125 e. The monoisotopic (exact) mass is 274 g/mol. The van der Waals surface area contributed by atoms with E-state index in [1.165, 1.54) is 13.8 Å². The number of aliphatic hydroxyl groups is 2. The lowest BCUT2D eigenvalue weighted by atomic mass is 9.88. The largest absolute Gasteiger partial charge is 0.497 e. The molecule has 1 aromatic rings. The molecule has 0 radical (unpaired) electrons. The molecule has 0 amide bonds. The first kappa shape index (κ1) is 15.1. The highest BCUT2D eigenvalue weighted by atomic mass is 35.5. The third kappa shape index (κ3) is 3.51. The average molecular weight is 275 g/mol. The van der Waals surface area contributed by atoms with Crippen LogP contribution in [-0.2, 0) is 0 Å². The Labute approximate surface area is 112 Å². The molecule has 5 heteroatoms. The third-order valence-electron chi connectivity index (χ3n) is 3.00. The van der Waals surface area contributed by atoms with Gasteiger partial charge < -0.3 is 19.7 Å². The van der Waals surface area contributed by atoms with E-state index in [0.717, 1.165) is 5.75 Å². The van der Waals surface area contributed by atoms with E-state index in [0.29, 0.717) is 5.75 Å². The lowest BCUT2D eigenvalue weighted by Gasteiger charge is -2.36. The van der Waals surface area contributed by atoms with Crippen LogP contribution >= 0.6 is 11.6 Å². The Kier molecular flexibility index (Phi) is 4.85. The SMILES string of the molecule is COc1ccc(OC[C@@](C)(O)[C@@](C)(O)CCl)cc1. The minimum atomic E-state index is -1.44. The van der Waals surface area contributed by atoms with Gasteiger partial charge >= 0.3 is 0 Å². The van der Waals surface area contributed by atoms with Crippen molar-refractivity contribution in [3.8, 4) is 11.5 Å². The number of ether oxygens (including phenoxy) is 2. The van der Waals surface area contributed by atoms with E-state index >= 15 is 0 Å². The number of hydrogen-bond acceptors (Lipinski definition) is 4. The molecule has 18 heavy (non-hydrogen) atoms. The normalized spacial score (nSPS) is 17.7. The zero-order valence-electron chi connectivity index (χ0n) is 10.8. The van der Waals surface area contributed by atoms with Gasteiger partial charge in [0.25, 0.3) is 0 Å². The minimum absolute atomic E-state index is 0.0565. The Morgan fingerprint density at radius 1 is 1.06 bits per heavy atom. The van der Waals surface area contributed by atoms with Gasteiger partial charge in [0.1, 0.15) is 29.3 Å².